The molecule has 0 spiro atoms. The van der Waals surface area contributed by atoms with Gasteiger partial charge in [-0.25, -0.2) is 9.18 Å². The van der Waals surface area contributed by atoms with Gasteiger partial charge < -0.3 is 10.1 Å². The Kier molecular flexibility index (Phi) is 5.39. The zero-order valence-corrected chi connectivity index (χ0v) is 16.1. The van der Waals surface area contributed by atoms with E-state index in [9.17, 15) is 14.0 Å². The number of anilines is 2. The monoisotopic (exact) mass is 408 g/mol. The van der Waals surface area contributed by atoms with E-state index in [0.717, 1.165) is 15.3 Å². The van der Waals surface area contributed by atoms with Crippen LogP contribution in [0.2, 0.25) is 0 Å². The molecule has 2 heterocycles. The molecule has 4 rings (SSSR count). The zero-order chi connectivity index (χ0) is 20.2. The topological polar surface area (TPSA) is 58.6 Å². The van der Waals surface area contributed by atoms with E-state index < -0.39 is 6.09 Å². The Morgan fingerprint density at radius 1 is 1.10 bits per heavy atom. The smallest absolute Gasteiger partial charge is 0.414 e. The van der Waals surface area contributed by atoms with Gasteiger partial charge in [0.2, 0.25) is 5.91 Å². The number of hydrogen-bond donors (Lipinski definition) is 1. The lowest BCUT2D eigenvalue weighted by molar-refractivity contribution is -0.111. The SMILES string of the molecule is O=C(C=Cc1ccc(-c2ccc(F)cc2)s1)Nc1ccccc1N1CCOC1=O. The lowest BCUT2D eigenvalue weighted by Gasteiger charge is -2.17. The van der Waals surface area contributed by atoms with Crippen LogP contribution in [0.1, 0.15) is 4.88 Å². The van der Waals surface area contributed by atoms with Gasteiger partial charge >= 0.3 is 6.09 Å². The molecule has 0 atom stereocenters. The van der Waals surface area contributed by atoms with E-state index in [1.807, 2.05) is 12.1 Å². The highest BCUT2D eigenvalue weighted by molar-refractivity contribution is 7.16. The van der Waals surface area contributed by atoms with Crippen LogP contribution < -0.4 is 10.2 Å². The molecule has 0 radical (unpaired) electrons. The Bertz CT molecular complexity index is 1080. The van der Waals surface area contributed by atoms with Gasteiger partial charge in [0, 0.05) is 15.8 Å². The third-order valence-electron chi connectivity index (χ3n) is 4.37. The summed E-state index contributed by atoms with van der Waals surface area (Å²) in [7, 11) is 0. The number of ether oxygens (including phenoxy) is 1. The highest BCUT2D eigenvalue weighted by Gasteiger charge is 2.25. The van der Waals surface area contributed by atoms with Gasteiger partial charge in [-0.3, -0.25) is 9.69 Å². The third kappa shape index (κ3) is 4.35. The molecule has 1 aromatic heterocycles. The van der Waals surface area contributed by atoms with Crippen molar-refractivity contribution >= 4 is 40.8 Å². The van der Waals surface area contributed by atoms with E-state index in [1.54, 1.807) is 42.5 Å². The molecule has 0 aliphatic carbocycles. The molecular formula is C22H17FN2O3S. The van der Waals surface area contributed by atoms with Gasteiger partial charge in [-0.1, -0.05) is 24.3 Å². The van der Waals surface area contributed by atoms with Gasteiger partial charge in [-0.2, -0.15) is 0 Å². The number of cyclic esters (lactones) is 1. The first kappa shape index (κ1) is 18.9. The minimum absolute atomic E-state index is 0.274. The predicted octanol–water partition coefficient (Wildman–Crippen LogP) is 5.16. The molecule has 5 nitrogen and oxygen atoms in total. The normalized spacial score (nSPS) is 13.7. The van der Waals surface area contributed by atoms with Crippen molar-refractivity contribution in [1.82, 2.24) is 0 Å². The number of amides is 2. The summed E-state index contributed by atoms with van der Waals surface area (Å²) < 4.78 is 18.0. The standard InChI is InChI=1S/C22H17FN2O3S/c23-16-7-5-15(6-8-16)20-11-9-17(29-20)10-12-21(26)24-18-3-1-2-4-19(18)25-13-14-28-22(25)27/h1-12H,13-14H2,(H,24,26). The fourth-order valence-electron chi connectivity index (χ4n) is 2.97. The summed E-state index contributed by atoms with van der Waals surface area (Å²) in [5.74, 6) is -0.577. The van der Waals surface area contributed by atoms with Crippen molar-refractivity contribution in [3.8, 4) is 10.4 Å². The maximum absolute atomic E-state index is 13.1. The van der Waals surface area contributed by atoms with Gasteiger partial charge in [-0.15, -0.1) is 11.3 Å². The number of halogens is 1. The van der Waals surface area contributed by atoms with Crippen LogP contribution in [0.4, 0.5) is 20.6 Å². The number of benzene rings is 2. The number of rotatable bonds is 5. The summed E-state index contributed by atoms with van der Waals surface area (Å²) in [5, 5.41) is 2.81. The number of carbonyl (C=O) groups is 2. The molecule has 1 N–H and O–H groups in total. The van der Waals surface area contributed by atoms with E-state index in [0.29, 0.717) is 24.5 Å². The second kappa shape index (κ2) is 8.28. The molecule has 1 fully saturated rings. The van der Waals surface area contributed by atoms with Crippen LogP contribution in [-0.4, -0.2) is 25.2 Å². The molecule has 1 aliphatic rings. The molecule has 1 saturated heterocycles. The van der Waals surface area contributed by atoms with Gasteiger partial charge in [0.05, 0.1) is 17.9 Å². The van der Waals surface area contributed by atoms with E-state index in [2.05, 4.69) is 5.32 Å². The summed E-state index contributed by atoms with van der Waals surface area (Å²) in [6.45, 7) is 0.776. The van der Waals surface area contributed by atoms with Crippen molar-refractivity contribution in [2.45, 2.75) is 0 Å². The van der Waals surface area contributed by atoms with Crippen molar-refractivity contribution in [3.63, 3.8) is 0 Å². The van der Waals surface area contributed by atoms with Crippen molar-refractivity contribution in [1.29, 1.82) is 0 Å². The van der Waals surface area contributed by atoms with Crippen molar-refractivity contribution in [2.24, 2.45) is 0 Å². The highest BCUT2D eigenvalue weighted by atomic mass is 32.1. The largest absolute Gasteiger partial charge is 0.447 e. The molecular weight excluding hydrogens is 391 g/mol. The third-order valence-corrected chi connectivity index (χ3v) is 5.47. The van der Waals surface area contributed by atoms with Crippen LogP contribution in [0.3, 0.4) is 0 Å². The highest BCUT2D eigenvalue weighted by Crippen LogP contribution is 2.30. The van der Waals surface area contributed by atoms with Crippen molar-refractivity contribution in [3.05, 3.63) is 77.4 Å². The number of nitrogens with zero attached hydrogens (tertiary/aromatic N) is 1. The van der Waals surface area contributed by atoms with Gasteiger partial charge in [0.1, 0.15) is 12.4 Å². The number of thiophene rings is 1. The molecule has 2 aromatic carbocycles. The maximum atomic E-state index is 13.1. The molecule has 3 aromatic rings. The first-order chi connectivity index (χ1) is 14.1. The first-order valence-electron chi connectivity index (χ1n) is 8.98. The molecule has 0 unspecified atom stereocenters. The van der Waals surface area contributed by atoms with Crippen LogP contribution in [0.25, 0.3) is 16.5 Å². The summed E-state index contributed by atoms with van der Waals surface area (Å²) >= 11 is 1.51. The minimum atomic E-state index is -0.422. The second-order valence-electron chi connectivity index (χ2n) is 6.31. The number of nitrogens with one attached hydrogen (secondary N) is 1. The van der Waals surface area contributed by atoms with Gasteiger partial charge in [0.15, 0.2) is 0 Å². The van der Waals surface area contributed by atoms with E-state index in [4.69, 9.17) is 4.74 Å². The molecule has 0 bridgehead atoms. The molecule has 29 heavy (non-hydrogen) atoms. The molecule has 2 amide bonds. The van der Waals surface area contributed by atoms with Gasteiger partial charge in [-0.05, 0) is 48.0 Å². The molecule has 0 saturated carbocycles. The summed E-state index contributed by atoms with van der Waals surface area (Å²) in [5.41, 5.74) is 2.07. The Hall–Kier alpha value is -3.45. The Morgan fingerprint density at radius 2 is 1.90 bits per heavy atom. The summed E-state index contributed by atoms with van der Waals surface area (Å²) in [6, 6.07) is 17.2. The second-order valence-corrected chi connectivity index (χ2v) is 7.43. The number of hydrogen-bond acceptors (Lipinski definition) is 4. The summed E-state index contributed by atoms with van der Waals surface area (Å²) in [6.07, 6.45) is 2.74. The zero-order valence-electron chi connectivity index (χ0n) is 15.3. The lowest BCUT2D eigenvalue weighted by atomic mass is 10.2. The quantitative estimate of drug-likeness (QED) is 0.593. The van der Waals surface area contributed by atoms with Crippen LogP contribution in [0.5, 0.6) is 0 Å². The Morgan fingerprint density at radius 3 is 2.66 bits per heavy atom. The number of carbonyl (C=O) groups excluding carboxylic acids is 2. The first-order valence-corrected chi connectivity index (χ1v) is 9.80. The van der Waals surface area contributed by atoms with Gasteiger partial charge in [0.25, 0.3) is 0 Å². The van der Waals surface area contributed by atoms with Crippen molar-refractivity contribution in [2.75, 3.05) is 23.4 Å². The Balaban J connectivity index is 1.45. The van der Waals surface area contributed by atoms with E-state index >= 15 is 0 Å². The predicted molar refractivity (Wildman–Crippen MR) is 113 cm³/mol. The Labute approximate surface area is 171 Å². The van der Waals surface area contributed by atoms with E-state index in [1.165, 1.54) is 34.4 Å². The average Bonchev–Trinajstić information content (AvgIpc) is 3.37. The van der Waals surface area contributed by atoms with E-state index in [-0.39, 0.29) is 11.7 Å². The minimum Gasteiger partial charge on any atom is -0.447 e. The average molecular weight is 408 g/mol. The number of para-hydroxylation sites is 2. The molecule has 146 valence electrons. The maximum Gasteiger partial charge on any atom is 0.414 e. The van der Waals surface area contributed by atoms with Crippen LogP contribution in [0.15, 0.2) is 66.7 Å². The summed E-state index contributed by atoms with van der Waals surface area (Å²) in [4.78, 5) is 27.6. The lowest BCUT2D eigenvalue weighted by Crippen LogP contribution is -2.25. The molecule has 1 aliphatic heterocycles. The molecule has 7 heteroatoms. The van der Waals surface area contributed by atoms with Crippen LogP contribution in [0, 0.1) is 5.82 Å². The van der Waals surface area contributed by atoms with Crippen LogP contribution in [-0.2, 0) is 9.53 Å². The fraction of sp³-hybridized carbons (Fsp3) is 0.0909. The van der Waals surface area contributed by atoms with Crippen molar-refractivity contribution < 1.29 is 18.7 Å². The fourth-order valence-corrected chi connectivity index (χ4v) is 3.89. The van der Waals surface area contributed by atoms with Crippen LogP contribution >= 0.6 is 11.3 Å².